The largest absolute Gasteiger partial charge is 0.447 e. The maximum Gasteiger partial charge on any atom is 0.303 e. The van der Waals surface area contributed by atoms with Gasteiger partial charge in [0.1, 0.15) is 0 Å². The third kappa shape index (κ3) is 3.93. The highest BCUT2D eigenvalue weighted by atomic mass is 16.5. The number of nitrogens with zero attached hydrogens (tertiary/aromatic N) is 1. The number of hydrogen-bond acceptors (Lipinski definition) is 4. The number of aryl methyl sites for hydroxylation is 1. The number of hydrogen-bond donors (Lipinski definition) is 2. The lowest BCUT2D eigenvalue weighted by molar-refractivity contribution is -0.152. The minimum atomic E-state index is -1.05. The number of aromatic amines is 1. The lowest BCUT2D eigenvalue weighted by atomic mass is 10.00. The van der Waals surface area contributed by atoms with Gasteiger partial charge in [-0.1, -0.05) is 60.7 Å². The van der Waals surface area contributed by atoms with Gasteiger partial charge in [-0.05, 0) is 35.7 Å². The molecule has 0 saturated carbocycles. The van der Waals surface area contributed by atoms with Crippen molar-refractivity contribution < 1.29 is 14.3 Å². The van der Waals surface area contributed by atoms with Crippen LogP contribution in [0.5, 0.6) is 0 Å². The molecule has 1 atom stereocenters. The Labute approximate surface area is 173 Å². The number of ether oxygens (including phenoxy) is 1. The molecule has 4 rings (SSSR count). The summed E-state index contributed by atoms with van der Waals surface area (Å²) in [7, 11) is 0. The van der Waals surface area contributed by atoms with Crippen molar-refractivity contribution in [3.63, 3.8) is 0 Å². The van der Waals surface area contributed by atoms with Crippen molar-refractivity contribution >= 4 is 28.6 Å². The summed E-state index contributed by atoms with van der Waals surface area (Å²) in [6, 6.07) is 22.9. The third-order valence-electron chi connectivity index (χ3n) is 4.88. The quantitative estimate of drug-likeness (QED) is 0.473. The van der Waals surface area contributed by atoms with E-state index >= 15 is 0 Å². The van der Waals surface area contributed by atoms with Crippen LogP contribution in [0.2, 0.25) is 0 Å². The first-order valence-corrected chi connectivity index (χ1v) is 9.60. The zero-order chi connectivity index (χ0) is 21.1. The minimum absolute atomic E-state index is 0.388. The van der Waals surface area contributed by atoms with Crippen molar-refractivity contribution in [1.29, 1.82) is 0 Å². The lowest BCUT2D eigenvalue weighted by Crippen LogP contribution is -2.25. The number of nitrogens with one attached hydrogen (secondary N) is 2. The van der Waals surface area contributed by atoms with E-state index in [1.54, 1.807) is 24.3 Å². The Morgan fingerprint density at radius 1 is 1.00 bits per heavy atom. The van der Waals surface area contributed by atoms with Crippen molar-refractivity contribution in [1.82, 2.24) is 10.2 Å². The van der Waals surface area contributed by atoms with E-state index in [0.29, 0.717) is 11.4 Å². The van der Waals surface area contributed by atoms with Crippen LogP contribution in [-0.2, 0) is 14.3 Å². The fourth-order valence-electron chi connectivity index (χ4n) is 3.43. The first kappa shape index (κ1) is 19.4. The van der Waals surface area contributed by atoms with Crippen LogP contribution in [0.15, 0.2) is 72.8 Å². The van der Waals surface area contributed by atoms with Crippen LogP contribution in [0.1, 0.15) is 24.2 Å². The SMILES string of the molecule is CC(=O)OC(C(=O)Nc1n[nH]c2cc(-c3ccccc3C)ccc12)c1ccccc1. The zero-order valence-electron chi connectivity index (χ0n) is 16.7. The maximum absolute atomic E-state index is 12.9. The van der Waals surface area contributed by atoms with Crippen LogP contribution < -0.4 is 5.32 Å². The molecule has 6 nitrogen and oxygen atoms in total. The normalized spacial score (nSPS) is 11.8. The van der Waals surface area contributed by atoms with E-state index in [4.69, 9.17) is 4.74 Å². The smallest absolute Gasteiger partial charge is 0.303 e. The molecular weight excluding hydrogens is 378 g/mol. The van der Waals surface area contributed by atoms with Gasteiger partial charge in [-0.15, -0.1) is 0 Å². The maximum atomic E-state index is 12.9. The summed E-state index contributed by atoms with van der Waals surface area (Å²) in [5, 5.41) is 10.8. The van der Waals surface area contributed by atoms with Gasteiger partial charge in [0.15, 0.2) is 5.82 Å². The fraction of sp³-hybridized carbons (Fsp3) is 0.125. The molecule has 0 saturated heterocycles. The first-order chi connectivity index (χ1) is 14.5. The molecule has 0 aliphatic heterocycles. The van der Waals surface area contributed by atoms with Crippen molar-refractivity contribution in [2.75, 3.05) is 5.32 Å². The number of amides is 1. The summed E-state index contributed by atoms with van der Waals surface area (Å²) < 4.78 is 5.26. The summed E-state index contributed by atoms with van der Waals surface area (Å²) in [4.78, 5) is 24.4. The Kier molecular flexibility index (Phi) is 5.30. The summed E-state index contributed by atoms with van der Waals surface area (Å²) in [6.07, 6.45) is -1.05. The topological polar surface area (TPSA) is 84.1 Å². The second-order valence-corrected chi connectivity index (χ2v) is 7.04. The van der Waals surface area contributed by atoms with Crippen LogP contribution >= 0.6 is 0 Å². The van der Waals surface area contributed by atoms with E-state index in [-0.39, 0.29) is 0 Å². The molecule has 0 aliphatic rings. The van der Waals surface area contributed by atoms with E-state index in [9.17, 15) is 9.59 Å². The molecule has 1 unspecified atom stereocenters. The number of esters is 1. The van der Waals surface area contributed by atoms with Gasteiger partial charge in [-0.25, -0.2) is 0 Å². The highest BCUT2D eigenvalue weighted by Crippen LogP contribution is 2.29. The molecule has 0 aliphatic carbocycles. The Balaban J connectivity index is 1.62. The number of benzene rings is 3. The molecule has 6 heteroatoms. The lowest BCUT2D eigenvalue weighted by Gasteiger charge is -2.16. The molecule has 2 N–H and O–H groups in total. The molecule has 1 amide bonds. The van der Waals surface area contributed by atoms with Gasteiger partial charge in [0.25, 0.3) is 5.91 Å². The molecule has 0 fully saturated rings. The van der Waals surface area contributed by atoms with Crippen molar-refractivity contribution in [3.05, 3.63) is 83.9 Å². The Hall–Kier alpha value is -3.93. The minimum Gasteiger partial charge on any atom is -0.447 e. The zero-order valence-corrected chi connectivity index (χ0v) is 16.7. The van der Waals surface area contributed by atoms with E-state index in [0.717, 1.165) is 22.0 Å². The molecule has 0 spiro atoms. The summed E-state index contributed by atoms with van der Waals surface area (Å²) in [5.41, 5.74) is 4.77. The predicted molar refractivity (Wildman–Crippen MR) is 116 cm³/mol. The van der Waals surface area contributed by atoms with Gasteiger partial charge in [-0.3, -0.25) is 14.7 Å². The molecule has 3 aromatic carbocycles. The van der Waals surface area contributed by atoms with Crippen LogP contribution in [0.25, 0.3) is 22.0 Å². The molecule has 30 heavy (non-hydrogen) atoms. The number of carbonyl (C=O) groups excluding carboxylic acids is 2. The molecule has 150 valence electrons. The van der Waals surface area contributed by atoms with Crippen molar-refractivity contribution in [2.24, 2.45) is 0 Å². The van der Waals surface area contributed by atoms with Gasteiger partial charge in [0.2, 0.25) is 6.10 Å². The second-order valence-electron chi connectivity index (χ2n) is 7.04. The van der Waals surface area contributed by atoms with Crippen molar-refractivity contribution in [2.45, 2.75) is 20.0 Å². The molecule has 0 bridgehead atoms. The monoisotopic (exact) mass is 399 g/mol. The number of aromatic nitrogens is 2. The Morgan fingerprint density at radius 3 is 2.47 bits per heavy atom. The third-order valence-corrected chi connectivity index (χ3v) is 4.88. The average Bonchev–Trinajstić information content (AvgIpc) is 3.14. The van der Waals surface area contributed by atoms with E-state index in [1.807, 2.05) is 36.4 Å². The fourth-order valence-corrected chi connectivity index (χ4v) is 3.43. The average molecular weight is 399 g/mol. The summed E-state index contributed by atoms with van der Waals surface area (Å²) in [6.45, 7) is 3.34. The Morgan fingerprint density at radius 2 is 1.73 bits per heavy atom. The van der Waals surface area contributed by atoms with E-state index in [2.05, 4.69) is 34.6 Å². The van der Waals surface area contributed by atoms with Gasteiger partial charge in [0.05, 0.1) is 5.52 Å². The summed E-state index contributed by atoms with van der Waals surface area (Å²) >= 11 is 0. The Bertz CT molecular complexity index is 1210. The van der Waals surface area contributed by atoms with Crippen LogP contribution in [-0.4, -0.2) is 22.1 Å². The molecule has 1 aromatic heterocycles. The highest BCUT2D eigenvalue weighted by molar-refractivity contribution is 6.03. The van der Waals surface area contributed by atoms with Crippen LogP contribution in [0, 0.1) is 6.92 Å². The van der Waals surface area contributed by atoms with E-state index in [1.165, 1.54) is 12.5 Å². The first-order valence-electron chi connectivity index (χ1n) is 9.60. The summed E-state index contributed by atoms with van der Waals surface area (Å²) in [5.74, 6) is -0.610. The predicted octanol–water partition coefficient (Wildman–Crippen LogP) is 4.78. The highest BCUT2D eigenvalue weighted by Gasteiger charge is 2.25. The number of anilines is 1. The van der Waals surface area contributed by atoms with Crippen LogP contribution in [0.3, 0.4) is 0 Å². The number of fused-ring (bicyclic) bond motifs is 1. The van der Waals surface area contributed by atoms with Crippen molar-refractivity contribution in [3.8, 4) is 11.1 Å². The van der Waals surface area contributed by atoms with Crippen LogP contribution in [0.4, 0.5) is 5.82 Å². The molecule has 1 heterocycles. The number of rotatable bonds is 5. The van der Waals surface area contributed by atoms with Gasteiger partial charge in [-0.2, -0.15) is 5.10 Å². The van der Waals surface area contributed by atoms with Gasteiger partial charge < -0.3 is 10.1 Å². The number of H-pyrrole nitrogens is 1. The van der Waals surface area contributed by atoms with E-state index < -0.39 is 18.0 Å². The molecule has 0 radical (unpaired) electrons. The second kappa shape index (κ2) is 8.21. The van der Waals surface area contributed by atoms with Gasteiger partial charge in [0, 0.05) is 17.9 Å². The number of carbonyl (C=O) groups is 2. The standard InChI is InChI=1S/C24H21N3O3/c1-15-8-6-7-11-19(15)18-12-13-20-21(14-18)26-27-23(20)25-24(29)22(30-16(2)28)17-9-4-3-5-10-17/h3-14,22H,1-2H3,(H2,25,26,27,29). The van der Waals surface area contributed by atoms with Gasteiger partial charge >= 0.3 is 5.97 Å². The molecule has 4 aromatic rings. The molecular formula is C24H21N3O3.